The van der Waals surface area contributed by atoms with E-state index < -0.39 is 0 Å². The molecule has 1 heterocycles. The van der Waals surface area contributed by atoms with Crippen molar-refractivity contribution in [2.24, 2.45) is 29.1 Å². The summed E-state index contributed by atoms with van der Waals surface area (Å²) in [5.74, 6) is 1.60. The molecule has 0 amide bonds. The predicted molar refractivity (Wildman–Crippen MR) is 98.1 cm³/mol. The number of fused-ring (bicyclic) bond motifs is 4. The van der Waals surface area contributed by atoms with Crippen LogP contribution in [0.1, 0.15) is 60.8 Å². The Hall–Kier alpha value is -1.42. The molecule has 4 heteroatoms. The van der Waals surface area contributed by atoms with Crippen molar-refractivity contribution >= 4 is 11.8 Å². The van der Waals surface area contributed by atoms with E-state index in [0.717, 1.165) is 30.4 Å². The van der Waals surface area contributed by atoms with Crippen molar-refractivity contribution in [3.63, 3.8) is 0 Å². The lowest BCUT2D eigenvalue weighted by Crippen LogP contribution is -2.26. The number of esters is 1. The maximum absolute atomic E-state index is 12.9. The molecule has 0 unspecified atom stereocenters. The van der Waals surface area contributed by atoms with E-state index in [1.807, 2.05) is 13.0 Å². The van der Waals surface area contributed by atoms with Gasteiger partial charge < -0.3 is 9.47 Å². The van der Waals surface area contributed by atoms with Gasteiger partial charge in [-0.2, -0.15) is 0 Å². The average molecular weight is 358 g/mol. The zero-order chi connectivity index (χ0) is 19.0. The van der Waals surface area contributed by atoms with E-state index >= 15 is 0 Å². The summed E-state index contributed by atoms with van der Waals surface area (Å²) >= 11 is 0. The summed E-state index contributed by atoms with van der Waals surface area (Å²) in [4.78, 5) is 24.7. The Bertz CT molecular complexity index is 743. The van der Waals surface area contributed by atoms with Crippen LogP contribution in [-0.2, 0) is 19.1 Å². The molecule has 1 saturated carbocycles. The van der Waals surface area contributed by atoms with E-state index in [0.29, 0.717) is 23.0 Å². The summed E-state index contributed by atoms with van der Waals surface area (Å²) in [6.45, 7) is 12.2. The second-order valence-corrected chi connectivity index (χ2v) is 9.64. The van der Waals surface area contributed by atoms with Crippen LogP contribution in [0.3, 0.4) is 0 Å². The van der Waals surface area contributed by atoms with Gasteiger partial charge in [0.1, 0.15) is 11.9 Å². The second kappa shape index (κ2) is 5.54. The van der Waals surface area contributed by atoms with E-state index in [2.05, 4.69) is 27.7 Å². The molecule has 2 fully saturated rings. The molecule has 4 aliphatic rings. The van der Waals surface area contributed by atoms with Gasteiger partial charge in [0, 0.05) is 18.4 Å². The van der Waals surface area contributed by atoms with E-state index in [1.165, 1.54) is 6.92 Å². The van der Waals surface area contributed by atoms with Crippen molar-refractivity contribution in [1.29, 1.82) is 0 Å². The Morgan fingerprint density at radius 1 is 1.27 bits per heavy atom. The summed E-state index contributed by atoms with van der Waals surface area (Å²) in [5, 5.41) is 0. The number of ketones is 1. The Morgan fingerprint density at radius 2 is 1.96 bits per heavy atom. The Labute approximate surface area is 156 Å². The number of carbonyl (C=O) groups is 2. The second-order valence-electron chi connectivity index (χ2n) is 9.64. The largest absolute Gasteiger partial charge is 0.431 e. The minimum Gasteiger partial charge on any atom is -0.431 e. The Balaban J connectivity index is 1.79. The van der Waals surface area contributed by atoms with E-state index in [4.69, 9.17) is 9.47 Å². The van der Waals surface area contributed by atoms with Gasteiger partial charge in [-0.1, -0.05) is 20.8 Å². The van der Waals surface area contributed by atoms with Gasteiger partial charge in [-0.05, 0) is 62.0 Å². The zero-order valence-electron chi connectivity index (χ0n) is 16.7. The van der Waals surface area contributed by atoms with E-state index in [-0.39, 0.29) is 35.3 Å². The number of hydrogen-bond acceptors (Lipinski definition) is 4. The van der Waals surface area contributed by atoms with E-state index in [1.54, 1.807) is 0 Å². The lowest BCUT2D eigenvalue weighted by molar-refractivity contribution is -0.138. The first kappa shape index (κ1) is 18.0. The van der Waals surface area contributed by atoms with Crippen LogP contribution in [0.4, 0.5) is 0 Å². The third-order valence-corrected chi connectivity index (χ3v) is 7.45. The van der Waals surface area contributed by atoms with Gasteiger partial charge in [-0.15, -0.1) is 0 Å². The third kappa shape index (κ3) is 2.60. The highest BCUT2D eigenvalue weighted by Gasteiger charge is 2.63. The maximum atomic E-state index is 12.9. The van der Waals surface area contributed by atoms with Crippen LogP contribution in [0.15, 0.2) is 23.0 Å². The summed E-state index contributed by atoms with van der Waals surface area (Å²) in [5.41, 5.74) is 1.71. The molecule has 0 aromatic carbocycles. The van der Waals surface area contributed by atoms with Crippen LogP contribution >= 0.6 is 0 Å². The van der Waals surface area contributed by atoms with Gasteiger partial charge in [0.25, 0.3) is 0 Å². The summed E-state index contributed by atoms with van der Waals surface area (Å²) in [7, 11) is 0. The maximum Gasteiger partial charge on any atom is 0.307 e. The summed E-state index contributed by atoms with van der Waals surface area (Å²) in [6.07, 6.45) is 4.96. The van der Waals surface area contributed by atoms with Crippen LogP contribution in [0.25, 0.3) is 0 Å². The molecule has 0 bridgehead atoms. The molecule has 26 heavy (non-hydrogen) atoms. The van der Waals surface area contributed by atoms with Gasteiger partial charge in [-0.3, -0.25) is 9.59 Å². The molecule has 0 radical (unpaired) electrons. The van der Waals surface area contributed by atoms with Crippen LogP contribution in [-0.4, -0.2) is 23.5 Å². The standard InChI is InChI=1S/C22H30O4/c1-11-9-14-17(18(11)24)20-22(6,26-20)8-7-15-16(21(15,4)5)10-12(2)19(14)25-13(3)23/h9,12,15-17,20H,7-8,10H2,1-6H3/b19-14+/t12-,15+,16-,17+,20-,22+/m1/s1. The highest BCUT2D eigenvalue weighted by molar-refractivity contribution is 6.03. The number of allylic oxidation sites excluding steroid dienone is 3. The first-order chi connectivity index (χ1) is 12.1. The number of carbonyl (C=O) groups excluding carboxylic acids is 2. The minimum absolute atomic E-state index is 0.102. The van der Waals surface area contributed by atoms with Gasteiger partial charge in [0.2, 0.25) is 0 Å². The van der Waals surface area contributed by atoms with Gasteiger partial charge >= 0.3 is 5.97 Å². The average Bonchev–Trinajstić information content (AvgIpc) is 3.29. The highest BCUT2D eigenvalue weighted by atomic mass is 16.6. The van der Waals surface area contributed by atoms with Crippen molar-refractivity contribution in [2.75, 3.05) is 0 Å². The van der Waals surface area contributed by atoms with Crippen LogP contribution < -0.4 is 0 Å². The fourth-order valence-corrected chi connectivity index (χ4v) is 5.61. The number of rotatable bonds is 1. The minimum atomic E-state index is -0.320. The van der Waals surface area contributed by atoms with Crippen molar-refractivity contribution in [1.82, 2.24) is 0 Å². The van der Waals surface area contributed by atoms with Crippen molar-refractivity contribution < 1.29 is 19.1 Å². The molecule has 4 rings (SSSR count). The smallest absolute Gasteiger partial charge is 0.307 e. The van der Waals surface area contributed by atoms with E-state index in [9.17, 15) is 9.59 Å². The van der Waals surface area contributed by atoms with Crippen LogP contribution in [0, 0.1) is 29.1 Å². The molecule has 142 valence electrons. The molecule has 0 spiro atoms. The highest BCUT2D eigenvalue weighted by Crippen LogP contribution is 2.65. The quantitative estimate of drug-likeness (QED) is 0.521. The zero-order valence-corrected chi connectivity index (χ0v) is 16.7. The fourth-order valence-electron chi connectivity index (χ4n) is 5.61. The molecule has 4 nitrogen and oxygen atoms in total. The van der Waals surface area contributed by atoms with Gasteiger partial charge in [0.15, 0.2) is 5.78 Å². The van der Waals surface area contributed by atoms with Crippen molar-refractivity contribution in [3.05, 3.63) is 23.0 Å². The predicted octanol–water partition coefficient (Wildman–Crippen LogP) is 4.20. The molecule has 0 N–H and O–H groups in total. The number of hydrogen-bond donors (Lipinski definition) is 0. The van der Waals surface area contributed by atoms with Crippen molar-refractivity contribution in [2.45, 2.75) is 72.5 Å². The Morgan fingerprint density at radius 3 is 2.62 bits per heavy atom. The first-order valence-corrected chi connectivity index (χ1v) is 9.89. The number of epoxide rings is 1. The monoisotopic (exact) mass is 358 g/mol. The number of ether oxygens (including phenoxy) is 2. The molecule has 6 atom stereocenters. The fraction of sp³-hybridized carbons (Fsp3) is 0.727. The molecule has 1 saturated heterocycles. The summed E-state index contributed by atoms with van der Waals surface area (Å²) < 4.78 is 11.8. The third-order valence-electron chi connectivity index (χ3n) is 7.45. The molecule has 0 aromatic rings. The topological polar surface area (TPSA) is 55.9 Å². The van der Waals surface area contributed by atoms with Gasteiger partial charge in [0.05, 0.1) is 11.5 Å². The Kier molecular flexibility index (Phi) is 3.83. The molecule has 1 aliphatic heterocycles. The molecule has 3 aliphatic carbocycles. The molecular weight excluding hydrogens is 328 g/mol. The summed E-state index contributed by atoms with van der Waals surface area (Å²) in [6, 6.07) is 0. The first-order valence-electron chi connectivity index (χ1n) is 9.89. The molecule has 0 aromatic heterocycles. The lowest BCUT2D eigenvalue weighted by Gasteiger charge is -2.21. The number of Topliss-reactive ketones (excluding diaryl/α,β-unsaturated/α-hetero) is 1. The lowest BCUT2D eigenvalue weighted by atomic mass is 9.84. The van der Waals surface area contributed by atoms with Crippen LogP contribution in [0.2, 0.25) is 0 Å². The SMILES string of the molecule is CC(=O)O/C1=C2\C=C(C)C(=O)[C@H]2[C@H]2O[C@@]2(C)CC[C@H]2[C@@H](C[C@H]1C)C2(C)C. The van der Waals surface area contributed by atoms with Crippen molar-refractivity contribution in [3.8, 4) is 0 Å². The normalized spacial score (nSPS) is 46.3. The van der Waals surface area contributed by atoms with Gasteiger partial charge in [-0.25, -0.2) is 0 Å². The van der Waals surface area contributed by atoms with Crippen LogP contribution in [0.5, 0.6) is 0 Å². The molecular formula is C22H30O4.